The molecule has 2 aromatic heterocycles. The van der Waals surface area contributed by atoms with Crippen LogP contribution in [-0.2, 0) is 11.4 Å². The second-order valence-corrected chi connectivity index (χ2v) is 7.08. The van der Waals surface area contributed by atoms with E-state index >= 15 is 0 Å². The molecule has 0 spiro atoms. The summed E-state index contributed by atoms with van der Waals surface area (Å²) in [6.45, 7) is 3.81. The summed E-state index contributed by atoms with van der Waals surface area (Å²) in [4.78, 5) is 32.0. The molecule has 28 heavy (non-hydrogen) atoms. The molecule has 0 bridgehead atoms. The molecule has 0 atom stereocenters. The van der Waals surface area contributed by atoms with E-state index < -0.39 is 0 Å². The zero-order valence-corrected chi connectivity index (χ0v) is 16.3. The van der Waals surface area contributed by atoms with Crippen LogP contribution in [-0.4, -0.2) is 21.7 Å². The molecule has 0 saturated carbocycles. The topological polar surface area (TPSA) is 81.2 Å². The van der Waals surface area contributed by atoms with Gasteiger partial charge in [-0.05, 0) is 43.7 Å². The smallest absolute Gasteiger partial charge is 0.248 e. The minimum absolute atomic E-state index is 0.157. The molecule has 7 heteroatoms. The number of aromatic nitrogens is 2. The molecule has 6 nitrogen and oxygen atoms in total. The van der Waals surface area contributed by atoms with Gasteiger partial charge in [0.1, 0.15) is 12.4 Å². The van der Waals surface area contributed by atoms with E-state index in [4.69, 9.17) is 4.74 Å². The minimum atomic E-state index is -0.326. The quantitative estimate of drug-likeness (QED) is 0.479. The van der Waals surface area contributed by atoms with Crippen molar-refractivity contribution in [2.45, 2.75) is 20.5 Å². The lowest BCUT2D eigenvalue weighted by atomic mass is 10.1. The SMILES string of the molecule is CC(=O)c1cnccc1NC(=O)/C=C/c1ccc(OCc2csc(C)n2)cc1. The molecule has 0 aliphatic carbocycles. The number of nitrogens with zero attached hydrogens (tertiary/aromatic N) is 2. The van der Waals surface area contributed by atoms with Crippen LogP contribution in [0.1, 0.15) is 33.5 Å². The number of carbonyl (C=O) groups is 2. The third-order valence-corrected chi connectivity index (χ3v) is 4.64. The van der Waals surface area contributed by atoms with Crippen LogP contribution in [0.3, 0.4) is 0 Å². The van der Waals surface area contributed by atoms with Crippen LogP contribution in [0.2, 0.25) is 0 Å². The normalized spacial score (nSPS) is 10.8. The summed E-state index contributed by atoms with van der Waals surface area (Å²) in [6.07, 6.45) is 6.07. The van der Waals surface area contributed by atoms with Crippen LogP contribution in [0, 0.1) is 6.92 Å². The largest absolute Gasteiger partial charge is 0.487 e. The highest BCUT2D eigenvalue weighted by molar-refractivity contribution is 7.09. The minimum Gasteiger partial charge on any atom is -0.487 e. The summed E-state index contributed by atoms with van der Waals surface area (Å²) in [5, 5.41) is 5.69. The van der Waals surface area contributed by atoms with E-state index in [0.29, 0.717) is 17.9 Å². The van der Waals surface area contributed by atoms with Gasteiger partial charge in [-0.25, -0.2) is 4.98 Å². The molecule has 0 saturated heterocycles. The van der Waals surface area contributed by atoms with Crippen molar-refractivity contribution in [2.24, 2.45) is 0 Å². The molecule has 3 rings (SSSR count). The number of carbonyl (C=O) groups excluding carboxylic acids is 2. The monoisotopic (exact) mass is 393 g/mol. The number of ether oxygens (including phenoxy) is 1. The number of nitrogens with one attached hydrogen (secondary N) is 1. The Balaban J connectivity index is 1.56. The van der Waals surface area contributed by atoms with Crippen molar-refractivity contribution in [1.29, 1.82) is 0 Å². The van der Waals surface area contributed by atoms with E-state index in [0.717, 1.165) is 22.0 Å². The number of anilines is 1. The van der Waals surface area contributed by atoms with Gasteiger partial charge in [0, 0.05) is 23.8 Å². The van der Waals surface area contributed by atoms with E-state index in [9.17, 15) is 9.59 Å². The number of benzene rings is 1. The van der Waals surface area contributed by atoms with Gasteiger partial charge in [0.05, 0.1) is 22.0 Å². The van der Waals surface area contributed by atoms with Gasteiger partial charge >= 0.3 is 0 Å². The summed E-state index contributed by atoms with van der Waals surface area (Å²) in [6, 6.07) is 9.00. The van der Waals surface area contributed by atoms with Gasteiger partial charge in [0.2, 0.25) is 5.91 Å². The Labute approximate surface area is 166 Å². The van der Waals surface area contributed by atoms with E-state index in [1.165, 1.54) is 25.4 Å². The molecule has 0 fully saturated rings. The third-order valence-electron chi connectivity index (χ3n) is 3.82. The number of pyridine rings is 1. The highest BCUT2D eigenvalue weighted by atomic mass is 32.1. The van der Waals surface area contributed by atoms with E-state index in [-0.39, 0.29) is 11.7 Å². The fourth-order valence-electron chi connectivity index (χ4n) is 2.44. The summed E-state index contributed by atoms with van der Waals surface area (Å²) in [5.74, 6) is 0.249. The number of hydrogen-bond donors (Lipinski definition) is 1. The number of rotatable bonds is 7. The maximum Gasteiger partial charge on any atom is 0.248 e. The Kier molecular flexibility index (Phi) is 6.29. The average Bonchev–Trinajstić information content (AvgIpc) is 3.11. The highest BCUT2D eigenvalue weighted by Gasteiger charge is 2.08. The van der Waals surface area contributed by atoms with Gasteiger partial charge in [-0.2, -0.15) is 0 Å². The van der Waals surface area contributed by atoms with Gasteiger partial charge in [-0.15, -0.1) is 11.3 Å². The van der Waals surface area contributed by atoms with Crippen LogP contribution in [0.4, 0.5) is 5.69 Å². The molecule has 2 heterocycles. The number of amides is 1. The fourth-order valence-corrected chi connectivity index (χ4v) is 3.03. The fraction of sp³-hybridized carbons (Fsp3) is 0.143. The van der Waals surface area contributed by atoms with Crippen molar-refractivity contribution in [1.82, 2.24) is 9.97 Å². The average molecular weight is 393 g/mol. The van der Waals surface area contributed by atoms with Gasteiger partial charge in [-0.3, -0.25) is 14.6 Å². The Morgan fingerprint density at radius 3 is 2.68 bits per heavy atom. The summed E-state index contributed by atoms with van der Waals surface area (Å²) >= 11 is 1.59. The van der Waals surface area contributed by atoms with Crippen molar-refractivity contribution in [3.05, 3.63) is 76.0 Å². The van der Waals surface area contributed by atoms with Crippen molar-refractivity contribution in [2.75, 3.05) is 5.32 Å². The first-order valence-electron chi connectivity index (χ1n) is 8.59. The Bertz CT molecular complexity index is 1010. The third kappa shape index (κ3) is 5.34. The maximum atomic E-state index is 12.1. The molecular weight excluding hydrogens is 374 g/mol. The van der Waals surface area contributed by atoms with Crippen molar-refractivity contribution in [3.63, 3.8) is 0 Å². The van der Waals surface area contributed by atoms with E-state index in [1.54, 1.807) is 23.5 Å². The van der Waals surface area contributed by atoms with Crippen molar-refractivity contribution >= 4 is 34.8 Å². The highest BCUT2D eigenvalue weighted by Crippen LogP contribution is 2.17. The van der Waals surface area contributed by atoms with Crippen LogP contribution in [0.5, 0.6) is 5.75 Å². The Morgan fingerprint density at radius 1 is 1.21 bits per heavy atom. The number of aryl methyl sites for hydroxylation is 1. The molecule has 3 aromatic rings. The van der Waals surface area contributed by atoms with Gasteiger partial charge in [0.15, 0.2) is 5.78 Å². The molecule has 142 valence electrons. The lowest BCUT2D eigenvalue weighted by Crippen LogP contribution is -2.11. The Morgan fingerprint density at radius 2 is 2.00 bits per heavy atom. The molecule has 0 aliphatic rings. The first kappa shape index (κ1) is 19.4. The number of hydrogen-bond acceptors (Lipinski definition) is 6. The molecular formula is C21H19N3O3S. The van der Waals surface area contributed by atoms with Crippen LogP contribution < -0.4 is 10.1 Å². The second kappa shape index (κ2) is 9.05. The zero-order valence-electron chi connectivity index (χ0n) is 15.5. The first-order chi connectivity index (χ1) is 13.5. The van der Waals surface area contributed by atoms with Gasteiger partial charge < -0.3 is 10.1 Å². The lowest BCUT2D eigenvalue weighted by Gasteiger charge is -2.06. The second-order valence-electron chi connectivity index (χ2n) is 6.02. The molecule has 1 N–H and O–H groups in total. The van der Waals surface area contributed by atoms with Gasteiger partial charge in [0.25, 0.3) is 0 Å². The number of Topliss-reactive ketones (excluding diaryl/α,β-unsaturated/α-hetero) is 1. The molecule has 0 unspecified atom stereocenters. The zero-order chi connectivity index (χ0) is 19.9. The molecule has 0 radical (unpaired) electrons. The molecule has 0 aliphatic heterocycles. The molecule has 1 aromatic carbocycles. The summed E-state index contributed by atoms with van der Waals surface area (Å²) < 4.78 is 5.70. The standard InChI is InChI=1S/C21H19N3O3S/c1-14(25)19-11-22-10-9-20(19)24-21(26)8-5-16-3-6-18(7-4-16)27-12-17-13-28-15(2)23-17/h3-11,13H,12H2,1-2H3,(H,22,24,26)/b8-5+. The van der Waals surface area contributed by atoms with Gasteiger partial charge in [-0.1, -0.05) is 12.1 Å². The van der Waals surface area contributed by atoms with Crippen LogP contribution in [0.25, 0.3) is 6.08 Å². The Hall–Kier alpha value is -3.32. The van der Waals surface area contributed by atoms with Crippen LogP contribution >= 0.6 is 11.3 Å². The van der Waals surface area contributed by atoms with Crippen molar-refractivity contribution in [3.8, 4) is 5.75 Å². The van der Waals surface area contributed by atoms with E-state index in [2.05, 4.69) is 15.3 Å². The first-order valence-corrected chi connectivity index (χ1v) is 9.47. The predicted molar refractivity (Wildman–Crippen MR) is 110 cm³/mol. The number of thiazole rings is 1. The predicted octanol–water partition coefficient (Wildman–Crippen LogP) is 4.28. The summed E-state index contributed by atoms with van der Waals surface area (Å²) in [7, 11) is 0. The summed E-state index contributed by atoms with van der Waals surface area (Å²) in [5.41, 5.74) is 2.58. The molecule has 1 amide bonds. The maximum absolute atomic E-state index is 12.1. The lowest BCUT2D eigenvalue weighted by molar-refractivity contribution is -0.111. The van der Waals surface area contributed by atoms with Crippen molar-refractivity contribution < 1.29 is 14.3 Å². The van der Waals surface area contributed by atoms with Crippen LogP contribution in [0.15, 0.2) is 54.2 Å². The van der Waals surface area contributed by atoms with E-state index in [1.807, 2.05) is 36.6 Å². The number of ketones is 1.